The molecule has 0 aromatic heterocycles. The minimum atomic E-state index is -1.57. The quantitative estimate of drug-likeness (QED) is 0.766. The monoisotopic (exact) mass is 379 g/mol. The van der Waals surface area contributed by atoms with E-state index in [2.05, 4.69) is 5.32 Å². The number of benzene rings is 2. The number of rotatable bonds is 3. The zero-order valence-corrected chi connectivity index (χ0v) is 14.8. The van der Waals surface area contributed by atoms with Gasteiger partial charge in [-0.25, -0.2) is 4.79 Å². The first-order chi connectivity index (χ1) is 13.4. The van der Waals surface area contributed by atoms with Crippen LogP contribution in [0.3, 0.4) is 0 Å². The number of carbonyl (C=O) groups excluding carboxylic acids is 4. The highest BCUT2D eigenvalue weighted by molar-refractivity contribution is 6.19. The molecule has 1 spiro atoms. The van der Waals surface area contributed by atoms with Gasteiger partial charge in [0.15, 0.2) is 11.6 Å². The second-order valence-electron chi connectivity index (χ2n) is 6.74. The minimum Gasteiger partial charge on any atom is -0.480 e. The summed E-state index contributed by atoms with van der Waals surface area (Å²) in [5.74, 6) is -1.88. The van der Waals surface area contributed by atoms with E-state index < -0.39 is 35.4 Å². The molecular formula is C20H17N3O5. The molecule has 28 heavy (non-hydrogen) atoms. The molecule has 2 atom stereocenters. The molecule has 0 aliphatic carbocycles. The fourth-order valence-corrected chi connectivity index (χ4v) is 3.64. The van der Waals surface area contributed by atoms with Crippen molar-refractivity contribution in [3.05, 3.63) is 65.7 Å². The van der Waals surface area contributed by atoms with Crippen molar-refractivity contribution in [1.82, 2.24) is 10.2 Å². The van der Waals surface area contributed by atoms with Crippen molar-refractivity contribution < 1.29 is 23.9 Å². The van der Waals surface area contributed by atoms with E-state index in [1.165, 1.54) is 0 Å². The van der Waals surface area contributed by atoms with Gasteiger partial charge in [0.2, 0.25) is 5.91 Å². The summed E-state index contributed by atoms with van der Waals surface area (Å²) in [4.78, 5) is 50.9. The van der Waals surface area contributed by atoms with Crippen molar-refractivity contribution in [3.8, 4) is 5.75 Å². The lowest BCUT2D eigenvalue weighted by atomic mass is 9.81. The molecule has 2 aliphatic heterocycles. The first-order valence-corrected chi connectivity index (χ1v) is 8.71. The van der Waals surface area contributed by atoms with Gasteiger partial charge < -0.3 is 15.8 Å². The number of ether oxygens (including phenoxy) is 1. The summed E-state index contributed by atoms with van der Waals surface area (Å²) in [6.07, 6.45) is -1.39. The molecule has 5 amide bonds. The van der Waals surface area contributed by atoms with Gasteiger partial charge in [-0.1, -0.05) is 48.5 Å². The smallest absolute Gasteiger partial charge is 0.332 e. The second kappa shape index (κ2) is 6.49. The molecule has 2 heterocycles. The fourth-order valence-electron chi connectivity index (χ4n) is 3.64. The van der Waals surface area contributed by atoms with Gasteiger partial charge in [-0.3, -0.25) is 14.4 Å². The fraction of sp³-hybridized carbons (Fsp3) is 0.200. The van der Waals surface area contributed by atoms with Gasteiger partial charge in [0.1, 0.15) is 5.75 Å². The second-order valence-corrected chi connectivity index (χ2v) is 6.74. The first kappa shape index (κ1) is 17.7. The molecule has 2 aliphatic rings. The van der Waals surface area contributed by atoms with Gasteiger partial charge in [0.25, 0.3) is 11.8 Å². The van der Waals surface area contributed by atoms with Crippen molar-refractivity contribution in [3.63, 3.8) is 0 Å². The minimum absolute atomic E-state index is 0.104. The van der Waals surface area contributed by atoms with Crippen LogP contribution in [0.5, 0.6) is 5.75 Å². The maximum atomic E-state index is 13.3. The number of hydrogen-bond acceptors (Lipinski definition) is 5. The number of fused-ring (bicyclic) bond motifs is 2. The van der Waals surface area contributed by atoms with Crippen LogP contribution in [-0.2, 0) is 26.3 Å². The number of carbonyl (C=O) groups is 4. The van der Waals surface area contributed by atoms with Gasteiger partial charge >= 0.3 is 6.03 Å². The average Bonchev–Trinajstić information content (AvgIpc) is 2.92. The van der Waals surface area contributed by atoms with Crippen LogP contribution in [0.25, 0.3) is 0 Å². The van der Waals surface area contributed by atoms with Crippen LogP contribution in [0.1, 0.15) is 17.5 Å². The number of nitrogens with two attached hydrogens (primary N) is 1. The Morgan fingerprint density at radius 1 is 1.11 bits per heavy atom. The first-order valence-electron chi connectivity index (χ1n) is 8.71. The summed E-state index contributed by atoms with van der Waals surface area (Å²) in [7, 11) is 0. The lowest BCUT2D eigenvalue weighted by Crippen LogP contribution is -2.53. The number of urea groups is 1. The number of amides is 5. The van der Waals surface area contributed by atoms with E-state index in [1.54, 1.807) is 54.6 Å². The Morgan fingerprint density at radius 2 is 1.79 bits per heavy atom. The van der Waals surface area contributed by atoms with E-state index in [1.807, 2.05) is 0 Å². The maximum absolute atomic E-state index is 13.3. The molecule has 2 aromatic carbocycles. The highest BCUT2D eigenvalue weighted by Gasteiger charge is 2.59. The van der Waals surface area contributed by atoms with Crippen LogP contribution in [-0.4, -0.2) is 34.8 Å². The van der Waals surface area contributed by atoms with Crippen molar-refractivity contribution in [2.45, 2.75) is 24.5 Å². The number of para-hydroxylation sites is 1. The van der Waals surface area contributed by atoms with Crippen LogP contribution in [0.2, 0.25) is 0 Å². The molecule has 2 unspecified atom stereocenters. The van der Waals surface area contributed by atoms with E-state index in [9.17, 15) is 19.2 Å². The lowest BCUT2D eigenvalue weighted by molar-refractivity contribution is -0.143. The normalized spacial score (nSPS) is 23.1. The molecule has 142 valence electrons. The highest BCUT2D eigenvalue weighted by atomic mass is 16.5. The Hall–Kier alpha value is -3.68. The summed E-state index contributed by atoms with van der Waals surface area (Å²) in [6, 6.07) is 14.5. The highest BCUT2D eigenvalue weighted by Crippen LogP contribution is 2.43. The molecule has 0 radical (unpaired) electrons. The summed E-state index contributed by atoms with van der Waals surface area (Å²) < 4.78 is 5.57. The maximum Gasteiger partial charge on any atom is 0.332 e. The Balaban J connectivity index is 1.71. The number of nitrogens with one attached hydrogen (secondary N) is 1. The number of primary amides is 1. The standard InChI is InChI=1S/C20H17N3O5/c21-17(25)15-11-20(13-8-4-5-9-14(13)28-15)18(26)23(19(27)22-20)16(24)10-12-6-2-1-3-7-12/h1-9,15H,10-11H2,(H2,21,25)(H,22,27). The zero-order valence-electron chi connectivity index (χ0n) is 14.8. The predicted molar refractivity (Wildman–Crippen MR) is 96.9 cm³/mol. The van der Waals surface area contributed by atoms with Crippen LogP contribution < -0.4 is 15.8 Å². The van der Waals surface area contributed by atoms with E-state index in [0.29, 0.717) is 16.0 Å². The SMILES string of the molecule is NC(=O)C1CC2(NC(=O)N(C(=O)Cc3ccccc3)C2=O)c2ccccc2O1. The van der Waals surface area contributed by atoms with Crippen LogP contribution in [0.4, 0.5) is 4.79 Å². The Kier molecular flexibility index (Phi) is 4.11. The van der Waals surface area contributed by atoms with Gasteiger partial charge in [-0.2, -0.15) is 4.90 Å². The summed E-state index contributed by atoms with van der Waals surface area (Å²) in [5, 5.41) is 2.61. The average molecular weight is 379 g/mol. The van der Waals surface area contributed by atoms with Crippen molar-refractivity contribution in [1.29, 1.82) is 0 Å². The summed E-state index contributed by atoms with van der Waals surface area (Å²) in [6.45, 7) is 0. The number of nitrogens with zero attached hydrogens (tertiary/aromatic N) is 1. The molecule has 8 nitrogen and oxygen atoms in total. The Labute approximate surface area is 160 Å². The third kappa shape index (κ3) is 2.70. The van der Waals surface area contributed by atoms with Gasteiger partial charge in [0.05, 0.1) is 6.42 Å². The zero-order chi connectivity index (χ0) is 19.9. The van der Waals surface area contributed by atoms with Crippen molar-refractivity contribution in [2.75, 3.05) is 0 Å². The third-order valence-electron chi connectivity index (χ3n) is 4.96. The van der Waals surface area contributed by atoms with E-state index in [0.717, 1.165) is 0 Å². The van der Waals surface area contributed by atoms with E-state index in [4.69, 9.17) is 10.5 Å². The van der Waals surface area contributed by atoms with Crippen molar-refractivity contribution >= 4 is 23.8 Å². The van der Waals surface area contributed by atoms with Crippen LogP contribution in [0, 0.1) is 0 Å². The predicted octanol–water partition coefficient (Wildman–Crippen LogP) is 0.839. The molecule has 3 N–H and O–H groups in total. The summed E-state index contributed by atoms with van der Waals surface area (Å²) >= 11 is 0. The molecule has 1 fully saturated rings. The van der Waals surface area contributed by atoms with Gasteiger partial charge in [-0.15, -0.1) is 0 Å². The molecule has 2 aromatic rings. The van der Waals surface area contributed by atoms with E-state index >= 15 is 0 Å². The molecule has 1 saturated heterocycles. The number of hydrogen-bond donors (Lipinski definition) is 2. The molecule has 4 rings (SSSR count). The van der Waals surface area contributed by atoms with Crippen molar-refractivity contribution in [2.24, 2.45) is 5.73 Å². The largest absolute Gasteiger partial charge is 0.480 e. The van der Waals surface area contributed by atoms with Crippen LogP contribution >= 0.6 is 0 Å². The number of imide groups is 3. The molecular weight excluding hydrogens is 362 g/mol. The Bertz CT molecular complexity index is 990. The van der Waals surface area contributed by atoms with E-state index in [-0.39, 0.29) is 18.6 Å². The Morgan fingerprint density at radius 3 is 2.50 bits per heavy atom. The lowest BCUT2D eigenvalue weighted by Gasteiger charge is -2.36. The van der Waals surface area contributed by atoms with Crippen LogP contribution in [0.15, 0.2) is 54.6 Å². The summed E-state index contributed by atoms with van der Waals surface area (Å²) in [5.41, 5.74) is 4.88. The molecule has 8 heteroatoms. The van der Waals surface area contributed by atoms with Gasteiger partial charge in [-0.05, 0) is 11.6 Å². The topological polar surface area (TPSA) is 119 Å². The third-order valence-corrected chi connectivity index (χ3v) is 4.96. The molecule has 0 saturated carbocycles. The molecule has 0 bridgehead atoms. The van der Waals surface area contributed by atoms with Gasteiger partial charge in [0, 0.05) is 12.0 Å².